The van der Waals surface area contributed by atoms with Gasteiger partial charge in [-0.15, -0.1) is 0 Å². The predicted octanol–water partition coefficient (Wildman–Crippen LogP) is 2.09. The molecule has 0 unspecified atom stereocenters. The molecule has 1 aliphatic rings. The van der Waals surface area contributed by atoms with Gasteiger partial charge in [0.25, 0.3) is 11.7 Å². The van der Waals surface area contributed by atoms with Crippen LogP contribution in [0.2, 0.25) is 0 Å². The average molecular weight is 397 g/mol. The van der Waals surface area contributed by atoms with E-state index in [-0.39, 0.29) is 16.9 Å². The van der Waals surface area contributed by atoms with Crippen LogP contribution in [-0.4, -0.2) is 48.9 Å². The van der Waals surface area contributed by atoms with Crippen LogP contribution in [0.1, 0.15) is 29.2 Å². The summed E-state index contributed by atoms with van der Waals surface area (Å²) in [6.07, 6.45) is 0.658. The molecule has 2 aromatic rings. The molecule has 0 saturated carbocycles. The molecule has 1 heterocycles. The summed E-state index contributed by atoms with van der Waals surface area (Å²) >= 11 is 0. The highest BCUT2D eigenvalue weighted by Crippen LogP contribution is 2.40. The summed E-state index contributed by atoms with van der Waals surface area (Å²) < 4.78 is 14.7. The van der Waals surface area contributed by atoms with Crippen LogP contribution in [0.4, 0.5) is 4.39 Å². The molecule has 0 radical (unpaired) electrons. The summed E-state index contributed by atoms with van der Waals surface area (Å²) in [6.45, 7) is 3.01. The van der Waals surface area contributed by atoms with Crippen molar-refractivity contribution in [3.63, 3.8) is 0 Å². The molecular weight excluding hydrogens is 371 g/mol. The maximum absolute atomic E-state index is 14.7. The van der Waals surface area contributed by atoms with Crippen molar-refractivity contribution < 1.29 is 24.0 Å². The van der Waals surface area contributed by atoms with Crippen LogP contribution < -0.4 is 4.90 Å². The zero-order valence-corrected chi connectivity index (χ0v) is 16.9. The standard InChI is InChI=1S/C23H25FN2O3/c1-15-9-11-16(12-10-15)21(27)19-20(17-7-4-5-8-18(17)24)26(23(29)22(19)28)14-6-13-25(2)3/h4-5,7-12,20,27H,6,13-14H2,1-3H3/p+1/t20-/m0/s1. The first-order valence-corrected chi connectivity index (χ1v) is 9.70. The number of rotatable bonds is 6. The highest BCUT2D eigenvalue weighted by atomic mass is 19.1. The lowest BCUT2D eigenvalue weighted by atomic mass is 9.94. The van der Waals surface area contributed by atoms with E-state index in [0.717, 1.165) is 12.1 Å². The molecule has 3 rings (SSSR count). The Balaban J connectivity index is 2.11. The number of aryl methyl sites for hydroxylation is 1. The Morgan fingerprint density at radius 3 is 2.38 bits per heavy atom. The minimum atomic E-state index is -0.949. The lowest BCUT2D eigenvalue weighted by Crippen LogP contribution is -3.05. The number of halogens is 1. The number of nitrogens with one attached hydrogen (secondary N) is 1. The fourth-order valence-electron chi connectivity index (χ4n) is 3.60. The number of quaternary nitrogens is 1. The minimum absolute atomic E-state index is 0.0684. The maximum atomic E-state index is 14.7. The number of carbonyl (C=O) groups excluding carboxylic acids is 2. The Kier molecular flexibility index (Phi) is 6.13. The van der Waals surface area contributed by atoms with Gasteiger partial charge in [-0.3, -0.25) is 9.59 Å². The third-order valence-electron chi connectivity index (χ3n) is 5.14. The Morgan fingerprint density at radius 1 is 1.10 bits per heavy atom. The van der Waals surface area contributed by atoms with Crippen LogP contribution in [0.25, 0.3) is 5.76 Å². The molecule has 0 aromatic heterocycles. The predicted molar refractivity (Wildman–Crippen MR) is 109 cm³/mol. The molecular formula is C23H26FN2O3+. The van der Waals surface area contributed by atoms with E-state index in [9.17, 15) is 19.1 Å². The average Bonchev–Trinajstić information content (AvgIpc) is 2.93. The number of hydrogen-bond donors (Lipinski definition) is 2. The summed E-state index contributed by atoms with van der Waals surface area (Å²) in [4.78, 5) is 28.2. The number of carbonyl (C=O) groups is 2. The number of aliphatic hydroxyl groups is 1. The van der Waals surface area contributed by atoms with Gasteiger partial charge in [0.05, 0.1) is 32.3 Å². The summed E-state index contributed by atoms with van der Waals surface area (Å²) in [5, 5.41) is 10.9. The molecule has 2 N–H and O–H groups in total. The number of ketones is 1. The highest BCUT2D eigenvalue weighted by Gasteiger charge is 2.46. The molecule has 0 aliphatic carbocycles. The van der Waals surface area contributed by atoms with Crippen molar-refractivity contribution >= 4 is 17.4 Å². The largest absolute Gasteiger partial charge is 0.507 e. The molecule has 0 spiro atoms. The van der Waals surface area contributed by atoms with Gasteiger partial charge in [0.2, 0.25) is 0 Å². The van der Waals surface area contributed by atoms with Crippen molar-refractivity contribution in [3.8, 4) is 0 Å². The van der Waals surface area contributed by atoms with E-state index in [4.69, 9.17) is 0 Å². The normalized spacial score (nSPS) is 18.7. The van der Waals surface area contributed by atoms with Crippen LogP contribution in [0.15, 0.2) is 54.1 Å². The van der Waals surface area contributed by atoms with Crippen molar-refractivity contribution in [1.29, 1.82) is 0 Å². The molecule has 1 fully saturated rings. The van der Waals surface area contributed by atoms with Gasteiger partial charge < -0.3 is 14.9 Å². The van der Waals surface area contributed by atoms with Crippen molar-refractivity contribution in [2.45, 2.75) is 19.4 Å². The smallest absolute Gasteiger partial charge is 0.295 e. The topological polar surface area (TPSA) is 62.0 Å². The second-order valence-corrected chi connectivity index (χ2v) is 7.69. The molecule has 2 aromatic carbocycles. The molecule has 0 bridgehead atoms. The first-order chi connectivity index (χ1) is 13.8. The lowest BCUT2D eigenvalue weighted by Gasteiger charge is -2.25. The van der Waals surface area contributed by atoms with Crippen molar-refractivity contribution in [1.82, 2.24) is 4.90 Å². The van der Waals surface area contributed by atoms with Crippen molar-refractivity contribution in [3.05, 3.63) is 76.6 Å². The Labute approximate surface area is 170 Å². The molecule has 1 amide bonds. The zero-order chi connectivity index (χ0) is 21.1. The number of benzene rings is 2. The Bertz CT molecular complexity index is 951. The number of likely N-dealkylation sites (tertiary alicyclic amines) is 1. The fraction of sp³-hybridized carbons (Fsp3) is 0.304. The van der Waals surface area contributed by atoms with E-state index in [1.807, 2.05) is 33.2 Å². The summed E-state index contributed by atoms with van der Waals surface area (Å²) in [7, 11) is 4.00. The van der Waals surface area contributed by atoms with E-state index in [1.54, 1.807) is 30.3 Å². The number of Topliss-reactive ketones (excluding diaryl/α,β-unsaturated/α-hetero) is 1. The van der Waals surface area contributed by atoms with Gasteiger partial charge in [-0.1, -0.05) is 48.0 Å². The van der Waals surface area contributed by atoms with E-state index < -0.39 is 23.5 Å². The number of hydrogen-bond acceptors (Lipinski definition) is 3. The van der Waals surface area contributed by atoms with E-state index in [0.29, 0.717) is 18.5 Å². The first kappa shape index (κ1) is 20.7. The van der Waals surface area contributed by atoms with Gasteiger partial charge in [0, 0.05) is 24.1 Å². The SMILES string of the molecule is Cc1ccc(C(O)=C2C(=O)C(=O)N(CCC[NH+](C)C)[C@H]2c2ccccc2F)cc1. The number of amides is 1. The Hall–Kier alpha value is -2.99. The van der Waals surface area contributed by atoms with Gasteiger partial charge in [-0.05, 0) is 13.0 Å². The molecule has 1 saturated heterocycles. The summed E-state index contributed by atoms with van der Waals surface area (Å²) in [5.41, 5.74) is 1.56. The zero-order valence-electron chi connectivity index (χ0n) is 16.9. The highest BCUT2D eigenvalue weighted by molar-refractivity contribution is 6.46. The number of aliphatic hydroxyl groups excluding tert-OH is 1. The van der Waals surface area contributed by atoms with E-state index in [1.165, 1.54) is 15.9 Å². The van der Waals surface area contributed by atoms with Gasteiger partial charge in [-0.2, -0.15) is 0 Å². The second-order valence-electron chi connectivity index (χ2n) is 7.69. The number of nitrogens with zero attached hydrogens (tertiary/aromatic N) is 1. The van der Waals surface area contributed by atoms with Gasteiger partial charge in [0.15, 0.2) is 0 Å². The Morgan fingerprint density at radius 2 is 1.76 bits per heavy atom. The molecule has 5 nitrogen and oxygen atoms in total. The van der Waals surface area contributed by atoms with Gasteiger partial charge >= 0.3 is 0 Å². The quantitative estimate of drug-likeness (QED) is 0.446. The monoisotopic (exact) mass is 397 g/mol. The molecule has 6 heteroatoms. The fourth-order valence-corrected chi connectivity index (χ4v) is 3.60. The minimum Gasteiger partial charge on any atom is -0.507 e. The van der Waals surface area contributed by atoms with Gasteiger partial charge in [0.1, 0.15) is 11.6 Å². The lowest BCUT2D eigenvalue weighted by molar-refractivity contribution is -0.858. The van der Waals surface area contributed by atoms with Crippen LogP contribution >= 0.6 is 0 Å². The molecule has 1 atom stereocenters. The molecule has 29 heavy (non-hydrogen) atoms. The van der Waals surface area contributed by atoms with E-state index in [2.05, 4.69) is 0 Å². The van der Waals surface area contributed by atoms with Crippen LogP contribution in [-0.2, 0) is 9.59 Å². The van der Waals surface area contributed by atoms with Crippen LogP contribution in [0, 0.1) is 12.7 Å². The van der Waals surface area contributed by atoms with Crippen LogP contribution in [0.3, 0.4) is 0 Å². The van der Waals surface area contributed by atoms with Gasteiger partial charge in [-0.25, -0.2) is 4.39 Å². The van der Waals surface area contributed by atoms with Crippen molar-refractivity contribution in [2.24, 2.45) is 0 Å². The molecule has 1 aliphatic heterocycles. The summed E-state index contributed by atoms with van der Waals surface area (Å²) in [6, 6.07) is 12.1. The third kappa shape index (κ3) is 4.22. The second kappa shape index (κ2) is 8.57. The summed E-state index contributed by atoms with van der Waals surface area (Å²) in [5.74, 6) is -2.29. The maximum Gasteiger partial charge on any atom is 0.295 e. The van der Waals surface area contributed by atoms with Crippen LogP contribution in [0.5, 0.6) is 0 Å². The van der Waals surface area contributed by atoms with Crippen molar-refractivity contribution in [2.75, 3.05) is 27.2 Å². The van der Waals surface area contributed by atoms with E-state index >= 15 is 0 Å². The molecule has 152 valence electrons. The first-order valence-electron chi connectivity index (χ1n) is 9.70. The third-order valence-corrected chi connectivity index (χ3v) is 5.14.